The minimum Gasteiger partial charge on any atom is -0.465 e. The predicted molar refractivity (Wildman–Crippen MR) is 108 cm³/mol. The number of hydrogen-bond donors (Lipinski definition) is 1. The Bertz CT molecular complexity index is 915. The summed E-state index contributed by atoms with van der Waals surface area (Å²) < 4.78 is 9.88. The molecule has 0 unspecified atom stereocenters. The summed E-state index contributed by atoms with van der Waals surface area (Å²) in [7, 11) is 1.28. The Morgan fingerprint density at radius 3 is 2.41 bits per heavy atom. The molecule has 0 spiro atoms. The number of methoxy groups -OCH3 is 1. The van der Waals surface area contributed by atoms with E-state index in [0.29, 0.717) is 21.9 Å². The van der Waals surface area contributed by atoms with Crippen LogP contribution in [0.25, 0.3) is 0 Å². The van der Waals surface area contributed by atoms with Crippen molar-refractivity contribution in [2.75, 3.05) is 19.5 Å². The smallest absolute Gasteiger partial charge is 0.337 e. The highest BCUT2D eigenvalue weighted by atomic mass is 32.2. The first-order valence-electron chi connectivity index (χ1n) is 8.79. The van der Waals surface area contributed by atoms with Crippen molar-refractivity contribution in [1.29, 1.82) is 5.26 Å². The molecule has 2 atom stereocenters. The second-order valence-electron chi connectivity index (χ2n) is 6.12. The van der Waals surface area contributed by atoms with E-state index in [9.17, 15) is 19.6 Å². The van der Waals surface area contributed by atoms with E-state index in [-0.39, 0.29) is 17.9 Å². The van der Waals surface area contributed by atoms with Crippen molar-refractivity contribution in [3.63, 3.8) is 0 Å². The lowest BCUT2D eigenvalue weighted by Crippen LogP contribution is -2.30. The first-order chi connectivity index (χ1) is 13.8. The number of carbonyl (C=O) groups excluding carboxylic acids is 3. The molecule has 2 N–H and O–H groups in total. The lowest BCUT2D eigenvalue weighted by molar-refractivity contribution is -0.139. The molecule has 0 aromatic heterocycles. The fourth-order valence-corrected chi connectivity index (χ4v) is 3.87. The molecule has 1 heterocycles. The second kappa shape index (κ2) is 9.89. The van der Waals surface area contributed by atoms with E-state index in [2.05, 4.69) is 11.1 Å². The van der Waals surface area contributed by atoms with E-state index in [4.69, 9.17) is 15.2 Å². The highest BCUT2D eigenvalue weighted by Gasteiger charge is 2.39. The third kappa shape index (κ3) is 5.03. The molecule has 1 aromatic rings. The number of nitrogens with zero attached hydrogens (tertiary/aromatic N) is 2. The summed E-state index contributed by atoms with van der Waals surface area (Å²) in [6.07, 6.45) is 0. The normalized spacial score (nSPS) is 18.5. The van der Waals surface area contributed by atoms with Crippen LogP contribution in [0.3, 0.4) is 0 Å². The highest BCUT2D eigenvalue weighted by molar-refractivity contribution is 8.14. The van der Waals surface area contributed by atoms with Crippen molar-refractivity contribution in [3.05, 3.63) is 46.7 Å². The topological polar surface area (TPSA) is 132 Å². The number of allylic oxidation sites excluding steroid dienone is 1. The van der Waals surface area contributed by atoms with Gasteiger partial charge in [0, 0.05) is 11.6 Å². The number of nitriles is 1. The third-order valence-electron chi connectivity index (χ3n) is 4.27. The summed E-state index contributed by atoms with van der Waals surface area (Å²) in [6, 6.07) is 8.64. The first kappa shape index (κ1) is 22.2. The van der Waals surface area contributed by atoms with Gasteiger partial charge in [-0.15, -0.1) is 0 Å². The van der Waals surface area contributed by atoms with Crippen molar-refractivity contribution >= 4 is 34.7 Å². The van der Waals surface area contributed by atoms with E-state index >= 15 is 0 Å². The van der Waals surface area contributed by atoms with Gasteiger partial charge >= 0.3 is 11.9 Å². The summed E-state index contributed by atoms with van der Waals surface area (Å²) in [6.45, 7) is 3.52. The molecule has 1 amide bonds. The first-order valence-corrected chi connectivity index (χ1v) is 9.78. The van der Waals surface area contributed by atoms with Crippen molar-refractivity contribution in [3.8, 4) is 6.07 Å². The number of thioether (sulfide) groups is 1. The number of carbonyl (C=O) groups is 3. The standard InChI is InChI=1S/C20H21N3O5S/c1-4-28-20(26)16-11(2)23-18(29-10-15(22)24)14(9-21)17(16)12-5-7-13(8-6-12)19(25)27-3/h5-8,14,17H,4,10H2,1-3H3,(H2,22,24)/t14-,17-/m0/s1. The summed E-state index contributed by atoms with van der Waals surface area (Å²) in [5.41, 5.74) is 6.88. The summed E-state index contributed by atoms with van der Waals surface area (Å²) in [5, 5.41) is 10.2. The lowest BCUT2D eigenvalue weighted by Gasteiger charge is -2.29. The van der Waals surface area contributed by atoms with Crippen LogP contribution in [0.4, 0.5) is 0 Å². The molecule has 0 fully saturated rings. The van der Waals surface area contributed by atoms with Crippen molar-refractivity contribution in [1.82, 2.24) is 0 Å². The van der Waals surface area contributed by atoms with E-state index in [1.54, 1.807) is 38.1 Å². The van der Waals surface area contributed by atoms with Gasteiger partial charge in [-0.05, 0) is 31.5 Å². The van der Waals surface area contributed by atoms with Gasteiger partial charge in [0.05, 0.1) is 41.7 Å². The zero-order valence-corrected chi connectivity index (χ0v) is 17.1. The number of aliphatic imine (C=N–C) groups is 1. The number of nitrogens with two attached hydrogens (primary N) is 1. The number of ether oxygens (including phenoxy) is 2. The van der Waals surface area contributed by atoms with Gasteiger partial charge in [0.2, 0.25) is 5.91 Å². The van der Waals surface area contributed by atoms with Crippen molar-refractivity contribution < 1.29 is 23.9 Å². The van der Waals surface area contributed by atoms with Gasteiger partial charge in [-0.1, -0.05) is 23.9 Å². The summed E-state index contributed by atoms with van der Waals surface area (Å²) in [5.74, 6) is -3.10. The minimum absolute atomic E-state index is 0.0347. The fourth-order valence-electron chi connectivity index (χ4n) is 3.01. The van der Waals surface area contributed by atoms with Crippen LogP contribution in [-0.2, 0) is 19.1 Å². The summed E-state index contributed by atoms with van der Waals surface area (Å²) >= 11 is 1.07. The Balaban J connectivity index is 2.55. The zero-order valence-electron chi connectivity index (χ0n) is 16.3. The van der Waals surface area contributed by atoms with Crippen LogP contribution in [0.2, 0.25) is 0 Å². The van der Waals surface area contributed by atoms with E-state index in [1.165, 1.54) is 7.11 Å². The molecule has 8 nitrogen and oxygen atoms in total. The summed E-state index contributed by atoms with van der Waals surface area (Å²) in [4.78, 5) is 39.9. The molecule has 0 saturated carbocycles. The Morgan fingerprint density at radius 2 is 1.90 bits per heavy atom. The van der Waals surface area contributed by atoms with Gasteiger partial charge in [-0.25, -0.2) is 14.6 Å². The van der Waals surface area contributed by atoms with Gasteiger partial charge in [0.15, 0.2) is 0 Å². The Kier molecular flexibility index (Phi) is 7.56. The molecule has 2 rings (SSSR count). The second-order valence-corrected chi connectivity index (χ2v) is 7.12. The van der Waals surface area contributed by atoms with E-state index in [0.717, 1.165) is 11.8 Å². The maximum Gasteiger partial charge on any atom is 0.337 e. The molecule has 1 aliphatic rings. The number of amides is 1. The average Bonchev–Trinajstić information content (AvgIpc) is 2.71. The van der Waals surface area contributed by atoms with Crippen LogP contribution in [-0.4, -0.2) is 42.4 Å². The molecular formula is C20H21N3O5S. The SMILES string of the molecule is CCOC(=O)C1=C(C)N=C(SCC(N)=O)[C@@H](C#N)[C@@H]1c1ccc(C(=O)OC)cc1. The largest absolute Gasteiger partial charge is 0.465 e. The van der Waals surface area contributed by atoms with Crippen LogP contribution in [0.5, 0.6) is 0 Å². The predicted octanol–water partition coefficient (Wildman–Crippen LogP) is 2.16. The number of esters is 2. The van der Waals surface area contributed by atoms with Gasteiger partial charge in [0.25, 0.3) is 0 Å². The molecule has 1 aliphatic heterocycles. The molecule has 29 heavy (non-hydrogen) atoms. The third-order valence-corrected chi connectivity index (χ3v) is 5.34. The Labute approximate surface area is 172 Å². The zero-order chi connectivity index (χ0) is 21.6. The van der Waals surface area contributed by atoms with Crippen LogP contribution in [0, 0.1) is 17.2 Å². The van der Waals surface area contributed by atoms with E-state index < -0.39 is 29.7 Å². The molecule has 0 saturated heterocycles. The van der Waals surface area contributed by atoms with Crippen LogP contribution >= 0.6 is 11.8 Å². The minimum atomic E-state index is -0.813. The maximum absolute atomic E-state index is 12.6. The molecule has 1 aromatic carbocycles. The van der Waals surface area contributed by atoms with Crippen LogP contribution in [0.1, 0.15) is 35.7 Å². The fraction of sp³-hybridized carbons (Fsp3) is 0.350. The van der Waals surface area contributed by atoms with Gasteiger partial charge in [0.1, 0.15) is 5.92 Å². The average molecular weight is 415 g/mol. The van der Waals surface area contributed by atoms with Gasteiger partial charge < -0.3 is 15.2 Å². The monoisotopic (exact) mass is 415 g/mol. The van der Waals surface area contributed by atoms with Crippen LogP contribution in [0.15, 0.2) is 40.5 Å². The van der Waals surface area contributed by atoms with Gasteiger partial charge in [-0.2, -0.15) is 5.26 Å². The van der Waals surface area contributed by atoms with Crippen LogP contribution < -0.4 is 5.73 Å². The highest BCUT2D eigenvalue weighted by Crippen LogP contribution is 2.41. The molecule has 9 heteroatoms. The maximum atomic E-state index is 12.6. The Hall–Kier alpha value is -3.12. The number of rotatable bonds is 6. The quantitative estimate of drug-likeness (QED) is 0.704. The molecule has 0 bridgehead atoms. The number of benzene rings is 1. The molecule has 152 valence electrons. The Morgan fingerprint density at radius 1 is 1.24 bits per heavy atom. The molecule has 0 radical (unpaired) electrons. The van der Waals surface area contributed by atoms with Gasteiger partial charge in [-0.3, -0.25) is 4.79 Å². The lowest BCUT2D eigenvalue weighted by atomic mass is 9.79. The van der Waals surface area contributed by atoms with Crippen molar-refractivity contribution in [2.45, 2.75) is 19.8 Å². The number of hydrogen-bond acceptors (Lipinski definition) is 8. The van der Waals surface area contributed by atoms with Crippen molar-refractivity contribution in [2.24, 2.45) is 16.6 Å². The molecular weight excluding hydrogens is 394 g/mol. The number of primary amides is 1. The van der Waals surface area contributed by atoms with E-state index in [1.807, 2.05) is 0 Å². The molecule has 0 aliphatic carbocycles.